The topological polar surface area (TPSA) is 17.8 Å². The number of nitrogens with zero attached hydrogens (tertiary/aromatic N) is 2. The van der Waals surface area contributed by atoms with Crippen molar-refractivity contribution in [2.45, 2.75) is 20.4 Å². The quantitative estimate of drug-likeness (QED) is 0.704. The van der Waals surface area contributed by atoms with Gasteiger partial charge >= 0.3 is 0 Å². The molecule has 1 heterocycles. The standard InChI is InChI=1S/C12H14N2/c1-10-3-4-12(7-11(10)2)8-14-6-5-13-9-14/h3-7,9H,8H2,1-2H3. The zero-order valence-electron chi connectivity index (χ0n) is 8.57. The van der Waals surface area contributed by atoms with Gasteiger partial charge in [0, 0.05) is 18.9 Å². The molecule has 0 amide bonds. The van der Waals surface area contributed by atoms with Crippen LogP contribution in [0, 0.1) is 13.8 Å². The lowest BCUT2D eigenvalue weighted by atomic mass is 10.1. The Morgan fingerprint density at radius 1 is 1.21 bits per heavy atom. The van der Waals surface area contributed by atoms with Gasteiger partial charge in [-0.25, -0.2) is 4.98 Å². The summed E-state index contributed by atoms with van der Waals surface area (Å²) in [5.74, 6) is 0. The van der Waals surface area contributed by atoms with E-state index >= 15 is 0 Å². The molecule has 2 heteroatoms. The summed E-state index contributed by atoms with van der Waals surface area (Å²) in [6.45, 7) is 5.18. The molecule has 0 N–H and O–H groups in total. The molecule has 72 valence electrons. The average molecular weight is 186 g/mol. The molecule has 0 spiro atoms. The number of imidazole rings is 1. The molecule has 0 aliphatic heterocycles. The van der Waals surface area contributed by atoms with Crippen LogP contribution in [0.4, 0.5) is 0 Å². The number of hydrogen-bond acceptors (Lipinski definition) is 1. The fraction of sp³-hybridized carbons (Fsp3) is 0.250. The predicted molar refractivity (Wildman–Crippen MR) is 57.2 cm³/mol. The van der Waals surface area contributed by atoms with E-state index in [0.717, 1.165) is 6.54 Å². The Morgan fingerprint density at radius 3 is 2.71 bits per heavy atom. The van der Waals surface area contributed by atoms with Gasteiger partial charge in [0.25, 0.3) is 0 Å². The van der Waals surface area contributed by atoms with E-state index in [4.69, 9.17) is 0 Å². The third-order valence-corrected chi connectivity index (χ3v) is 2.50. The Kier molecular flexibility index (Phi) is 2.35. The minimum Gasteiger partial charge on any atom is -0.333 e. The molecular formula is C12H14N2. The van der Waals surface area contributed by atoms with Crippen LogP contribution in [0.5, 0.6) is 0 Å². The first-order chi connectivity index (χ1) is 6.75. The van der Waals surface area contributed by atoms with E-state index in [2.05, 4.69) is 41.6 Å². The second-order valence-corrected chi connectivity index (χ2v) is 3.65. The van der Waals surface area contributed by atoms with E-state index in [1.807, 2.05) is 12.5 Å². The molecule has 2 nitrogen and oxygen atoms in total. The van der Waals surface area contributed by atoms with Gasteiger partial charge in [0.2, 0.25) is 0 Å². The summed E-state index contributed by atoms with van der Waals surface area (Å²) < 4.78 is 2.07. The third kappa shape index (κ3) is 1.84. The van der Waals surface area contributed by atoms with Crippen molar-refractivity contribution in [3.8, 4) is 0 Å². The van der Waals surface area contributed by atoms with E-state index in [1.54, 1.807) is 6.20 Å². The Labute approximate surface area is 84.2 Å². The van der Waals surface area contributed by atoms with E-state index in [0.29, 0.717) is 0 Å². The van der Waals surface area contributed by atoms with Crippen LogP contribution >= 0.6 is 0 Å². The molecule has 14 heavy (non-hydrogen) atoms. The van der Waals surface area contributed by atoms with Crippen LogP contribution in [0.2, 0.25) is 0 Å². The van der Waals surface area contributed by atoms with Crippen molar-refractivity contribution >= 4 is 0 Å². The summed E-state index contributed by atoms with van der Waals surface area (Å²) in [7, 11) is 0. The van der Waals surface area contributed by atoms with Crippen LogP contribution in [0.25, 0.3) is 0 Å². The molecule has 2 rings (SSSR count). The Bertz CT molecular complexity index is 416. The fourth-order valence-electron chi connectivity index (χ4n) is 1.49. The highest BCUT2D eigenvalue weighted by atomic mass is 15.0. The van der Waals surface area contributed by atoms with Gasteiger partial charge in [0.05, 0.1) is 6.33 Å². The van der Waals surface area contributed by atoms with Gasteiger partial charge in [-0.3, -0.25) is 0 Å². The summed E-state index contributed by atoms with van der Waals surface area (Å²) >= 11 is 0. The van der Waals surface area contributed by atoms with Gasteiger partial charge in [0.1, 0.15) is 0 Å². The molecule has 0 saturated carbocycles. The van der Waals surface area contributed by atoms with Crippen molar-refractivity contribution in [2.75, 3.05) is 0 Å². The van der Waals surface area contributed by atoms with Crippen LogP contribution in [0.15, 0.2) is 36.9 Å². The number of aromatic nitrogens is 2. The van der Waals surface area contributed by atoms with Crippen molar-refractivity contribution in [1.82, 2.24) is 9.55 Å². The maximum Gasteiger partial charge on any atom is 0.0949 e. The van der Waals surface area contributed by atoms with Crippen molar-refractivity contribution in [3.05, 3.63) is 53.6 Å². The summed E-state index contributed by atoms with van der Waals surface area (Å²) in [6.07, 6.45) is 5.63. The smallest absolute Gasteiger partial charge is 0.0949 e. The molecule has 0 atom stereocenters. The zero-order chi connectivity index (χ0) is 9.97. The molecule has 0 unspecified atom stereocenters. The molecule has 0 aliphatic rings. The normalized spacial score (nSPS) is 10.4. The number of benzene rings is 1. The van der Waals surface area contributed by atoms with Crippen molar-refractivity contribution < 1.29 is 0 Å². The number of rotatable bonds is 2. The van der Waals surface area contributed by atoms with Crippen molar-refractivity contribution in [1.29, 1.82) is 0 Å². The fourth-order valence-corrected chi connectivity index (χ4v) is 1.49. The summed E-state index contributed by atoms with van der Waals surface area (Å²) in [5.41, 5.74) is 4.02. The van der Waals surface area contributed by atoms with Crippen LogP contribution in [0.1, 0.15) is 16.7 Å². The lowest BCUT2D eigenvalue weighted by Gasteiger charge is -2.05. The summed E-state index contributed by atoms with van der Waals surface area (Å²) in [5, 5.41) is 0. The predicted octanol–water partition coefficient (Wildman–Crippen LogP) is 2.55. The second-order valence-electron chi connectivity index (χ2n) is 3.65. The van der Waals surface area contributed by atoms with Crippen LogP contribution in [-0.2, 0) is 6.54 Å². The molecule has 2 aromatic rings. The first-order valence-corrected chi connectivity index (χ1v) is 4.77. The first-order valence-electron chi connectivity index (χ1n) is 4.77. The van der Waals surface area contributed by atoms with Gasteiger partial charge in [0.15, 0.2) is 0 Å². The van der Waals surface area contributed by atoms with Crippen LogP contribution in [-0.4, -0.2) is 9.55 Å². The highest BCUT2D eigenvalue weighted by Gasteiger charge is 1.96. The molecule has 0 saturated heterocycles. The van der Waals surface area contributed by atoms with Crippen LogP contribution in [0.3, 0.4) is 0 Å². The van der Waals surface area contributed by atoms with Gasteiger partial charge in [-0.15, -0.1) is 0 Å². The van der Waals surface area contributed by atoms with Crippen molar-refractivity contribution in [2.24, 2.45) is 0 Å². The molecule has 1 aromatic carbocycles. The molecule has 0 aliphatic carbocycles. The highest BCUT2D eigenvalue weighted by Crippen LogP contribution is 2.10. The third-order valence-electron chi connectivity index (χ3n) is 2.50. The highest BCUT2D eigenvalue weighted by molar-refractivity contribution is 5.29. The van der Waals surface area contributed by atoms with E-state index in [-0.39, 0.29) is 0 Å². The monoisotopic (exact) mass is 186 g/mol. The molecule has 0 fully saturated rings. The van der Waals surface area contributed by atoms with Crippen molar-refractivity contribution in [3.63, 3.8) is 0 Å². The Hall–Kier alpha value is -1.57. The van der Waals surface area contributed by atoms with Crippen LogP contribution < -0.4 is 0 Å². The second kappa shape index (κ2) is 3.66. The van der Waals surface area contributed by atoms with Gasteiger partial charge in [-0.05, 0) is 30.5 Å². The number of aryl methyl sites for hydroxylation is 2. The first kappa shape index (κ1) is 9.00. The lowest BCUT2D eigenvalue weighted by Crippen LogP contribution is -1.97. The molecule has 0 radical (unpaired) electrons. The minimum absolute atomic E-state index is 0.904. The Balaban J connectivity index is 2.22. The largest absolute Gasteiger partial charge is 0.333 e. The average Bonchev–Trinajstić information content (AvgIpc) is 2.64. The van der Waals surface area contributed by atoms with Gasteiger partial charge in [-0.2, -0.15) is 0 Å². The maximum atomic E-state index is 4.02. The van der Waals surface area contributed by atoms with E-state index in [9.17, 15) is 0 Å². The number of hydrogen-bond donors (Lipinski definition) is 0. The van der Waals surface area contributed by atoms with Gasteiger partial charge in [-0.1, -0.05) is 18.2 Å². The minimum atomic E-state index is 0.904. The summed E-state index contributed by atoms with van der Waals surface area (Å²) in [4.78, 5) is 4.02. The maximum absolute atomic E-state index is 4.02. The molecule has 1 aromatic heterocycles. The summed E-state index contributed by atoms with van der Waals surface area (Å²) in [6, 6.07) is 6.57. The van der Waals surface area contributed by atoms with E-state index in [1.165, 1.54) is 16.7 Å². The lowest BCUT2D eigenvalue weighted by molar-refractivity contribution is 0.796. The Morgan fingerprint density at radius 2 is 2.07 bits per heavy atom. The van der Waals surface area contributed by atoms with E-state index < -0.39 is 0 Å². The molecular weight excluding hydrogens is 172 g/mol. The zero-order valence-corrected chi connectivity index (χ0v) is 8.57. The van der Waals surface area contributed by atoms with Gasteiger partial charge < -0.3 is 4.57 Å². The SMILES string of the molecule is Cc1ccc(Cn2ccnc2)cc1C. The molecule has 0 bridgehead atoms.